The van der Waals surface area contributed by atoms with Crippen molar-refractivity contribution in [3.63, 3.8) is 0 Å². The van der Waals surface area contributed by atoms with Gasteiger partial charge in [0.25, 0.3) is 0 Å². The van der Waals surface area contributed by atoms with Crippen molar-refractivity contribution >= 4 is 22.9 Å². The molecule has 102 valence electrons. The second kappa shape index (κ2) is 5.64. The van der Waals surface area contributed by atoms with E-state index in [2.05, 4.69) is 39.8 Å². The molecule has 0 amide bonds. The molecule has 0 bridgehead atoms. The lowest BCUT2D eigenvalue weighted by molar-refractivity contribution is 0.586. The average molecular weight is 294 g/mol. The van der Waals surface area contributed by atoms with Gasteiger partial charge in [0.15, 0.2) is 0 Å². The monoisotopic (exact) mass is 293 g/mol. The summed E-state index contributed by atoms with van der Waals surface area (Å²) in [6.45, 7) is 8.86. The predicted octanol–water partition coefficient (Wildman–Crippen LogP) is 5.71. The number of hydrogen-bond acceptors (Lipinski definition) is 2. The maximum Gasteiger partial charge on any atom is 0.0988 e. The fourth-order valence-corrected chi connectivity index (χ4v) is 3.27. The summed E-state index contributed by atoms with van der Waals surface area (Å²) in [5, 5.41) is 1.98. The van der Waals surface area contributed by atoms with Gasteiger partial charge in [-0.15, -0.1) is 11.3 Å². The Hall–Kier alpha value is -0.860. The Labute approximate surface area is 124 Å². The molecular weight excluding hydrogens is 274 g/mol. The zero-order valence-electron chi connectivity index (χ0n) is 12.0. The molecule has 1 nitrogen and oxygen atoms in total. The van der Waals surface area contributed by atoms with Crippen LogP contribution in [0.15, 0.2) is 24.3 Å². The van der Waals surface area contributed by atoms with Crippen LogP contribution < -0.4 is 0 Å². The predicted molar refractivity (Wildman–Crippen MR) is 85.3 cm³/mol. The lowest BCUT2D eigenvalue weighted by atomic mass is 9.98. The Morgan fingerprint density at radius 3 is 2.32 bits per heavy atom. The summed E-state index contributed by atoms with van der Waals surface area (Å²) < 4.78 is 0. The lowest BCUT2D eigenvalue weighted by Crippen LogP contribution is -2.10. The number of nitrogens with zero attached hydrogens (tertiary/aromatic N) is 1. The molecule has 0 saturated carbocycles. The van der Waals surface area contributed by atoms with Gasteiger partial charge in [0.05, 0.1) is 10.7 Å². The standard InChI is InChI=1S/C16H20ClNS/c1-5-6-13-14(11-7-9-12(17)10-8-11)18-15(19-13)16(2,3)4/h7-10H,5-6H2,1-4H3. The molecule has 2 rings (SSSR count). The molecule has 19 heavy (non-hydrogen) atoms. The van der Waals surface area contributed by atoms with E-state index >= 15 is 0 Å². The largest absolute Gasteiger partial charge is 0.240 e. The highest BCUT2D eigenvalue weighted by molar-refractivity contribution is 7.12. The first-order valence-corrected chi connectivity index (χ1v) is 7.87. The fraction of sp³-hybridized carbons (Fsp3) is 0.438. The summed E-state index contributed by atoms with van der Waals surface area (Å²) in [5.41, 5.74) is 2.41. The van der Waals surface area contributed by atoms with Crippen molar-refractivity contribution in [3.05, 3.63) is 39.2 Å². The zero-order chi connectivity index (χ0) is 14.0. The highest BCUT2D eigenvalue weighted by atomic mass is 35.5. The second-order valence-electron chi connectivity index (χ2n) is 5.80. The lowest BCUT2D eigenvalue weighted by Gasteiger charge is -2.13. The van der Waals surface area contributed by atoms with E-state index in [0.29, 0.717) is 0 Å². The van der Waals surface area contributed by atoms with Gasteiger partial charge in [-0.2, -0.15) is 0 Å². The molecule has 0 aliphatic carbocycles. The van der Waals surface area contributed by atoms with Crippen LogP contribution in [0.2, 0.25) is 5.02 Å². The van der Waals surface area contributed by atoms with Gasteiger partial charge in [0.2, 0.25) is 0 Å². The fourth-order valence-electron chi connectivity index (χ4n) is 1.90. The molecule has 0 atom stereocenters. The van der Waals surface area contributed by atoms with Crippen LogP contribution >= 0.6 is 22.9 Å². The van der Waals surface area contributed by atoms with Crippen LogP contribution in [0.4, 0.5) is 0 Å². The number of rotatable bonds is 3. The number of aromatic nitrogens is 1. The maximum atomic E-state index is 5.96. The molecule has 0 unspecified atom stereocenters. The van der Waals surface area contributed by atoms with Crippen molar-refractivity contribution in [1.82, 2.24) is 4.98 Å². The molecule has 0 aliphatic heterocycles. The van der Waals surface area contributed by atoms with Gasteiger partial charge < -0.3 is 0 Å². The van der Waals surface area contributed by atoms with E-state index in [1.807, 2.05) is 23.5 Å². The Balaban J connectivity index is 2.48. The van der Waals surface area contributed by atoms with Crippen LogP contribution in [0.3, 0.4) is 0 Å². The van der Waals surface area contributed by atoms with Crippen LogP contribution in [0.5, 0.6) is 0 Å². The van der Waals surface area contributed by atoms with E-state index in [4.69, 9.17) is 16.6 Å². The van der Waals surface area contributed by atoms with Gasteiger partial charge in [-0.25, -0.2) is 4.98 Å². The molecule has 3 heteroatoms. The topological polar surface area (TPSA) is 12.9 Å². The Morgan fingerprint density at radius 2 is 1.79 bits per heavy atom. The first-order valence-electron chi connectivity index (χ1n) is 6.68. The number of hydrogen-bond donors (Lipinski definition) is 0. The van der Waals surface area contributed by atoms with Gasteiger partial charge in [-0.05, 0) is 18.6 Å². The van der Waals surface area contributed by atoms with Crippen molar-refractivity contribution in [3.8, 4) is 11.3 Å². The van der Waals surface area contributed by atoms with Crippen molar-refractivity contribution in [1.29, 1.82) is 0 Å². The van der Waals surface area contributed by atoms with Crippen molar-refractivity contribution in [2.24, 2.45) is 0 Å². The number of aryl methyl sites for hydroxylation is 1. The van der Waals surface area contributed by atoms with Gasteiger partial charge in [-0.3, -0.25) is 0 Å². The summed E-state index contributed by atoms with van der Waals surface area (Å²) in [4.78, 5) is 6.26. The SMILES string of the molecule is CCCc1sc(C(C)(C)C)nc1-c1ccc(Cl)cc1. The highest BCUT2D eigenvalue weighted by Crippen LogP contribution is 2.35. The summed E-state index contributed by atoms with van der Waals surface area (Å²) >= 11 is 7.81. The van der Waals surface area contributed by atoms with Crippen LogP contribution in [-0.4, -0.2) is 4.98 Å². The minimum atomic E-state index is 0.109. The Bertz CT molecular complexity index is 549. The van der Waals surface area contributed by atoms with E-state index in [9.17, 15) is 0 Å². The van der Waals surface area contributed by atoms with Crippen molar-refractivity contribution < 1.29 is 0 Å². The molecule has 0 spiro atoms. The zero-order valence-corrected chi connectivity index (χ0v) is 13.5. The average Bonchev–Trinajstić information content (AvgIpc) is 2.74. The van der Waals surface area contributed by atoms with Gasteiger partial charge in [0, 0.05) is 20.9 Å². The summed E-state index contributed by atoms with van der Waals surface area (Å²) in [6.07, 6.45) is 2.23. The van der Waals surface area contributed by atoms with Crippen LogP contribution in [-0.2, 0) is 11.8 Å². The van der Waals surface area contributed by atoms with E-state index in [1.54, 1.807) is 0 Å². The van der Waals surface area contributed by atoms with Crippen molar-refractivity contribution in [2.45, 2.75) is 46.0 Å². The van der Waals surface area contributed by atoms with E-state index in [0.717, 1.165) is 23.6 Å². The third-order valence-corrected chi connectivity index (χ3v) is 4.73. The summed E-state index contributed by atoms with van der Waals surface area (Å²) in [5.74, 6) is 0. The molecule has 0 saturated heterocycles. The minimum absolute atomic E-state index is 0.109. The van der Waals surface area contributed by atoms with Crippen LogP contribution in [0, 0.1) is 0 Å². The molecule has 2 aromatic rings. The van der Waals surface area contributed by atoms with Gasteiger partial charge in [-0.1, -0.05) is 57.8 Å². The van der Waals surface area contributed by atoms with Crippen LogP contribution in [0.1, 0.15) is 44.0 Å². The van der Waals surface area contributed by atoms with E-state index in [-0.39, 0.29) is 5.41 Å². The summed E-state index contributed by atoms with van der Waals surface area (Å²) in [7, 11) is 0. The Morgan fingerprint density at radius 1 is 1.16 bits per heavy atom. The number of benzene rings is 1. The molecule has 0 fully saturated rings. The van der Waals surface area contributed by atoms with Crippen molar-refractivity contribution in [2.75, 3.05) is 0 Å². The summed E-state index contributed by atoms with van der Waals surface area (Å²) in [6, 6.07) is 7.98. The second-order valence-corrected chi connectivity index (χ2v) is 7.32. The maximum absolute atomic E-state index is 5.96. The van der Waals surface area contributed by atoms with E-state index in [1.165, 1.54) is 15.4 Å². The molecular formula is C16H20ClNS. The highest BCUT2D eigenvalue weighted by Gasteiger charge is 2.21. The van der Waals surface area contributed by atoms with Gasteiger partial charge in [0.1, 0.15) is 0 Å². The Kier molecular flexibility index (Phi) is 4.32. The number of thiazole rings is 1. The first-order chi connectivity index (χ1) is 8.91. The van der Waals surface area contributed by atoms with Crippen LogP contribution in [0.25, 0.3) is 11.3 Å². The molecule has 1 heterocycles. The molecule has 0 radical (unpaired) electrons. The molecule has 1 aromatic carbocycles. The smallest absolute Gasteiger partial charge is 0.0988 e. The molecule has 1 aromatic heterocycles. The molecule has 0 aliphatic rings. The normalized spacial score (nSPS) is 11.8. The number of halogens is 1. The molecule has 0 N–H and O–H groups in total. The third kappa shape index (κ3) is 3.37. The minimum Gasteiger partial charge on any atom is -0.240 e. The third-order valence-electron chi connectivity index (χ3n) is 2.93. The van der Waals surface area contributed by atoms with Gasteiger partial charge >= 0.3 is 0 Å². The quantitative estimate of drug-likeness (QED) is 0.706. The van der Waals surface area contributed by atoms with E-state index < -0.39 is 0 Å². The first kappa shape index (κ1) is 14.5.